The fourth-order valence-electron chi connectivity index (χ4n) is 1.71. The van der Waals surface area contributed by atoms with Gasteiger partial charge in [-0.05, 0) is 6.54 Å². The highest BCUT2D eigenvalue weighted by atomic mass is 15.3. The normalized spacial score (nSPS) is 19.3. The van der Waals surface area contributed by atoms with Gasteiger partial charge in [-0.25, -0.2) is 4.98 Å². The van der Waals surface area contributed by atoms with Gasteiger partial charge in [-0.1, -0.05) is 6.92 Å². The van der Waals surface area contributed by atoms with Crippen LogP contribution in [-0.2, 0) is 0 Å². The third kappa shape index (κ3) is 1.83. The fourth-order valence-corrected chi connectivity index (χ4v) is 1.71. The van der Waals surface area contributed by atoms with Crippen LogP contribution in [0.4, 0.5) is 5.95 Å². The number of hydrogen-bond acceptors (Lipinski definition) is 3. The van der Waals surface area contributed by atoms with E-state index in [1.54, 1.807) is 0 Å². The number of H-pyrrole nitrogens is 1. The Hall–Kier alpha value is -1.03. The second kappa shape index (κ2) is 3.79. The molecule has 1 aliphatic heterocycles. The molecule has 4 nitrogen and oxygen atoms in total. The summed E-state index contributed by atoms with van der Waals surface area (Å²) in [6.45, 7) is 7.84. The average molecular weight is 180 g/mol. The summed E-state index contributed by atoms with van der Waals surface area (Å²) < 4.78 is 0. The zero-order chi connectivity index (χ0) is 9.10. The number of nitrogens with zero attached hydrogens (tertiary/aromatic N) is 3. The number of likely N-dealkylation sites (N-methyl/N-ethyl adjacent to an activating group) is 1. The molecule has 0 bridgehead atoms. The summed E-state index contributed by atoms with van der Waals surface area (Å²) in [7, 11) is 0. The first kappa shape index (κ1) is 8.56. The van der Waals surface area contributed by atoms with Crippen LogP contribution in [-0.4, -0.2) is 47.6 Å². The van der Waals surface area contributed by atoms with E-state index in [2.05, 4.69) is 26.7 Å². The van der Waals surface area contributed by atoms with Gasteiger partial charge < -0.3 is 14.8 Å². The van der Waals surface area contributed by atoms with E-state index in [0.717, 1.165) is 38.7 Å². The van der Waals surface area contributed by atoms with Crippen LogP contribution < -0.4 is 4.90 Å². The monoisotopic (exact) mass is 180 g/mol. The van der Waals surface area contributed by atoms with Gasteiger partial charge in [-0.15, -0.1) is 0 Å². The van der Waals surface area contributed by atoms with Crippen molar-refractivity contribution in [3.8, 4) is 0 Å². The van der Waals surface area contributed by atoms with E-state index in [1.165, 1.54) is 0 Å². The van der Waals surface area contributed by atoms with Gasteiger partial charge in [0.15, 0.2) is 0 Å². The molecule has 0 saturated carbocycles. The van der Waals surface area contributed by atoms with Gasteiger partial charge in [-0.3, -0.25) is 0 Å². The fraction of sp³-hybridized carbons (Fsp3) is 0.667. The van der Waals surface area contributed by atoms with Crippen molar-refractivity contribution in [3.05, 3.63) is 12.4 Å². The summed E-state index contributed by atoms with van der Waals surface area (Å²) in [5.74, 6) is 1.01. The Morgan fingerprint density at radius 1 is 1.38 bits per heavy atom. The molecule has 72 valence electrons. The number of nitrogens with one attached hydrogen (secondary N) is 1. The van der Waals surface area contributed by atoms with Crippen molar-refractivity contribution in [2.75, 3.05) is 37.6 Å². The second-order valence-electron chi connectivity index (χ2n) is 3.33. The maximum Gasteiger partial charge on any atom is 0.202 e. The molecule has 1 saturated heterocycles. The van der Waals surface area contributed by atoms with Gasteiger partial charge in [0.2, 0.25) is 5.95 Å². The zero-order valence-electron chi connectivity index (χ0n) is 8.03. The minimum absolute atomic E-state index is 1.01. The van der Waals surface area contributed by atoms with E-state index in [4.69, 9.17) is 0 Å². The molecular formula is C9H16N4. The summed E-state index contributed by atoms with van der Waals surface area (Å²) in [4.78, 5) is 12.1. The summed E-state index contributed by atoms with van der Waals surface area (Å²) in [5.41, 5.74) is 0. The molecule has 0 amide bonds. The van der Waals surface area contributed by atoms with Crippen LogP contribution in [0, 0.1) is 0 Å². The molecule has 1 aromatic heterocycles. The number of hydrogen-bond donors (Lipinski definition) is 1. The quantitative estimate of drug-likeness (QED) is 0.722. The molecule has 0 aromatic carbocycles. The molecular weight excluding hydrogens is 164 g/mol. The molecule has 0 spiro atoms. The minimum Gasteiger partial charge on any atom is -0.340 e. The van der Waals surface area contributed by atoms with E-state index >= 15 is 0 Å². The van der Waals surface area contributed by atoms with Gasteiger partial charge in [-0.2, -0.15) is 0 Å². The predicted octanol–water partition coefficient (Wildman–Crippen LogP) is 0.552. The first-order valence-corrected chi connectivity index (χ1v) is 4.87. The predicted molar refractivity (Wildman–Crippen MR) is 52.9 cm³/mol. The van der Waals surface area contributed by atoms with Gasteiger partial charge >= 0.3 is 0 Å². The summed E-state index contributed by atoms with van der Waals surface area (Å²) >= 11 is 0. The Bertz CT molecular complexity index is 236. The van der Waals surface area contributed by atoms with Gasteiger partial charge in [0.1, 0.15) is 0 Å². The Kier molecular flexibility index (Phi) is 2.49. The number of aromatic amines is 1. The van der Waals surface area contributed by atoms with Crippen molar-refractivity contribution in [1.29, 1.82) is 0 Å². The summed E-state index contributed by atoms with van der Waals surface area (Å²) in [5, 5.41) is 0. The molecule has 1 aliphatic rings. The van der Waals surface area contributed by atoms with Crippen LogP contribution >= 0.6 is 0 Å². The molecule has 0 atom stereocenters. The van der Waals surface area contributed by atoms with Crippen LogP contribution in [0.5, 0.6) is 0 Å². The third-order valence-corrected chi connectivity index (χ3v) is 2.60. The highest BCUT2D eigenvalue weighted by molar-refractivity contribution is 5.29. The molecule has 2 heterocycles. The molecule has 2 rings (SSSR count). The van der Waals surface area contributed by atoms with Crippen LogP contribution in [0.2, 0.25) is 0 Å². The zero-order valence-corrected chi connectivity index (χ0v) is 8.03. The lowest BCUT2D eigenvalue weighted by Gasteiger charge is -2.33. The lowest BCUT2D eigenvalue weighted by molar-refractivity contribution is 0.270. The lowest BCUT2D eigenvalue weighted by Crippen LogP contribution is -2.46. The van der Waals surface area contributed by atoms with Crippen LogP contribution in [0.3, 0.4) is 0 Å². The number of aromatic nitrogens is 2. The molecule has 0 aliphatic carbocycles. The third-order valence-electron chi connectivity index (χ3n) is 2.60. The summed E-state index contributed by atoms with van der Waals surface area (Å²) in [6.07, 6.45) is 3.68. The molecule has 1 aromatic rings. The first-order chi connectivity index (χ1) is 6.40. The highest BCUT2D eigenvalue weighted by Crippen LogP contribution is 2.09. The van der Waals surface area contributed by atoms with Crippen molar-refractivity contribution in [2.24, 2.45) is 0 Å². The largest absolute Gasteiger partial charge is 0.340 e. The minimum atomic E-state index is 1.01. The van der Waals surface area contributed by atoms with Crippen molar-refractivity contribution < 1.29 is 0 Å². The van der Waals surface area contributed by atoms with Crippen molar-refractivity contribution in [2.45, 2.75) is 6.92 Å². The topological polar surface area (TPSA) is 35.2 Å². The standard InChI is InChI=1S/C9H16N4/c1-2-12-5-7-13(8-6-12)9-10-3-4-11-9/h3-4H,2,5-8H2,1H3,(H,10,11). The van der Waals surface area contributed by atoms with Crippen LogP contribution in [0.1, 0.15) is 6.92 Å². The van der Waals surface area contributed by atoms with Crippen molar-refractivity contribution >= 4 is 5.95 Å². The Morgan fingerprint density at radius 3 is 2.69 bits per heavy atom. The van der Waals surface area contributed by atoms with Crippen molar-refractivity contribution in [1.82, 2.24) is 14.9 Å². The smallest absolute Gasteiger partial charge is 0.202 e. The van der Waals surface area contributed by atoms with E-state index in [-0.39, 0.29) is 0 Å². The van der Waals surface area contributed by atoms with E-state index in [0.29, 0.717) is 0 Å². The Balaban J connectivity index is 1.92. The first-order valence-electron chi connectivity index (χ1n) is 4.87. The van der Waals surface area contributed by atoms with Gasteiger partial charge in [0.05, 0.1) is 0 Å². The Morgan fingerprint density at radius 2 is 2.15 bits per heavy atom. The number of piperazine rings is 1. The Labute approximate surface area is 78.6 Å². The average Bonchev–Trinajstić information content (AvgIpc) is 2.71. The molecule has 0 radical (unpaired) electrons. The highest BCUT2D eigenvalue weighted by Gasteiger charge is 2.16. The number of anilines is 1. The van der Waals surface area contributed by atoms with Crippen LogP contribution in [0.25, 0.3) is 0 Å². The van der Waals surface area contributed by atoms with E-state index in [1.807, 2.05) is 12.4 Å². The number of rotatable bonds is 2. The lowest BCUT2D eigenvalue weighted by atomic mass is 10.3. The maximum atomic E-state index is 4.24. The van der Waals surface area contributed by atoms with Crippen molar-refractivity contribution in [3.63, 3.8) is 0 Å². The summed E-state index contributed by atoms with van der Waals surface area (Å²) in [6, 6.07) is 0. The SMILES string of the molecule is CCN1CCN(c2ncc[nH]2)CC1. The van der Waals surface area contributed by atoms with Gasteiger partial charge in [0.25, 0.3) is 0 Å². The second-order valence-corrected chi connectivity index (χ2v) is 3.33. The van der Waals surface area contributed by atoms with Crippen LogP contribution in [0.15, 0.2) is 12.4 Å². The molecule has 0 unspecified atom stereocenters. The van der Waals surface area contributed by atoms with E-state index in [9.17, 15) is 0 Å². The molecule has 13 heavy (non-hydrogen) atoms. The van der Waals surface area contributed by atoms with Gasteiger partial charge in [0, 0.05) is 38.6 Å². The number of imidazole rings is 1. The maximum absolute atomic E-state index is 4.24. The molecule has 1 N–H and O–H groups in total. The van der Waals surface area contributed by atoms with E-state index < -0.39 is 0 Å². The molecule has 4 heteroatoms. The molecule has 1 fully saturated rings.